The fraction of sp³-hybridized carbons (Fsp3) is 0.200. The smallest absolute Gasteiger partial charge is 0.164 e. The molecule has 0 aliphatic carbocycles. The summed E-state index contributed by atoms with van der Waals surface area (Å²) in [6, 6.07) is 6.09. The zero-order valence-electron chi connectivity index (χ0n) is 8.03. The topological polar surface area (TPSA) is 30.7 Å². The normalized spacial score (nSPS) is 10.5. The molecule has 0 unspecified atom stereocenters. The Balaban J connectivity index is 2.68. The first kappa shape index (κ1) is 9.40. The number of rotatable bonds is 1. The molecule has 0 N–H and O–H groups in total. The second-order valence-electron chi connectivity index (χ2n) is 3.20. The molecule has 0 atom stereocenters. The Hall–Kier alpha value is -1.16. The molecule has 0 saturated carbocycles. The Bertz CT molecular complexity index is 442. The van der Waals surface area contributed by atoms with Gasteiger partial charge in [-0.15, -0.1) is 10.2 Å². The molecule has 0 spiro atoms. The molecular formula is C10H10BrN3. The van der Waals surface area contributed by atoms with Crippen LogP contribution in [0.2, 0.25) is 0 Å². The highest BCUT2D eigenvalue weighted by molar-refractivity contribution is 9.10. The van der Waals surface area contributed by atoms with E-state index in [9.17, 15) is 0 Å². The zero-order valence-corrected chi connectivity index (χ0v) is 9.62. The van der Waals surface area contributed by atoms with Crippen molar-refractivity contribution in [3.8, 4) is 11.4 Å². The largest absolute Gasteiger partial charge is 0.317 e. The third-order valence-electron chi connectivity index (χ3n) is 2.16. The second kappa shape index (κ2) is 3.53. The quantitative estimate of drug-likeness (QED) is 0.780. The van der Waals surface area contributed by atoms with E-state index in [1.54, 1.807) is 6.33 Å². The van der Waals surface area contributed by atoms with Crippen LogP contribution in [0.1, 0.15) is 5.56 Å². The molecule has 1 aromatic heterocycles. The van der Waals surface area contributed by atoms with E-state index in [0.29, 0.717) is 0 Å². The van der Waals surface area contributed by atoms with Gasteiger partial charge in [-0.1, -0.05) is 28.1 Å². The number of hydrogen-bond acceptors (Lipinski definition) is 2. The second-order valence-corrected chi connectivity index (χ2v) is 4.05. The number of hydrogen-bond donors (Lipinski definition) is 0. The fourth-order valence-corrected chi connectivity index (χ4v) is 2.07. The van der Waals surface area contributed by atoms with Crippen LogP contribution in [0.4, 0.5) is 0 Å². The lowest BCUT2D eigenvalue weighted by molar-refractivity contribution is 0.918. The summed E-state index contributed by atoms with van der Waals surface area (Å²) in [5.74, 6) is 0.884. The van der Waals surface area contributed by atoms with E-state index in [1.807, 2.05) is 23.7 Å². The van der Waals surface area contributed by atoms with Crippen LogP contribution in [-0.2, 0) is 7.05 Å². The average molecular weight is 252 g/mol. The van der Waals surface area contributed by atoms with Crippen molar-refractivity contribution in [2.24, 2.45) is 7.05 Å². The number of aryl methyl sites for hydroxylation is 2. The highest BCUT2D eigenvalue weighted by Crippen LogP contribution is 2.29. The van der Waals surface area contributed by atoms with Crippen molar-refractivity contribution in [1.82, 2.24) is 14.8 Å². The van der Waals surface area contributed by atoms with Crippen LogP contribution in [0.3, 0.4) is 0 Å². The van der Waals surface area contributed by atoms with Gasteiger partial charge in [-0.25, -0.2) is 0 Å². The third-order valence-corrected chi connectivity index (χ3v) is 2.82. The van der Waals surface area contributed by atoms with Gasteiger partial charge in [-0.2, -0.15) is 0 Å². The maximum absolute atomic E-state index is 4.09. The lowest BCUT2D eigenvalue weighted by Crippen LogP contribution is -1.94. The van der Waals surface area contributed by atoms with Gasteiger partial charge in [0.15, 0.2) is 5.82 Å². The summed E-state index contributed by atoms with van der Waals surface area (Å²) in [6.07, 6.45) is 1.70. The summed E-state index contributed by atoms with van der Waals surface area (Å²) in [5, 5.41) is 7.96. The molecule has 4 heteroatoms. The Morgan fingerprint density at radius 2 is 2.14 bits per heavy atom. The van der Waals surface area contributed by atoms with E-state index in [2.05, 4.69) is 39.1 Å². The van der Waals surface area contributed by atoms with E-state index in [-0.39, 0.29) is 0 Å². The Labute approximate surface area is 90.9 Å². The van der Waals surface area contributed by atoms with Crippen molar-refractivity contribution < 1.29 is 0 Å². The molecule has 0 aliphatic rings. The van der Waals surface area contributed by atoms with Crippen LogP contribution in [-0.4, -0.2) is 14.8 Å². The van der Waals surface area contributed by atoms with E-state index in [0.717, 1.165) is 15.9 Å². The summed E-state index contributed by atoms with van der Waals surface area (Å²) in [7, 11) is 1.94. The van der Waals surface area contributed by atoms with Crippen molar-refractivity contribution in [2.75, 3.05) is 0 Å². The van der Waals surface area contributed by atoms with Gasteiger partial charge in [0.2, 0.25) is 0 Å². The van der Waals surface area contributed by atoms with Gasteiger partial charge < -0.3 is 4.57 Å². The maximum atomic E-state index is 4.09. The summed E-state index contributed by atoms with van der Waals surface area (Å²) >= 11 is 3.52. The van der Waals surface area contributed by atoms with Gasteiger partial charge in [-0.3, -0.25) is 0 Å². The lowest BCUT2D eigenvalue weighted by atomic mass is 10.1. The molecule has 2 aromatic rings. The molecule has 0 bridgehead atoms. The molecule has 0 fully saturated rings. The van der Waals surface area contributed by atoms with Gasteiger partial charge in [0, 0.05) is 17.1 Å². The zero-order chi connectivity index (χ0) is 10.1. The number of benzene rings is 1. The molecule has 0 amide bonds. The Morgan fingerprint density at radius 1 is 1.36 bits per heavy atom. The van der Waals surface area contributed by atoms with Crippen molar-refractivity contribution in [2.45, 2.75) is 6.92 Å². The monoisotopic (exact) mass is 251 g/mol. The standard InChI is InChI=1S/C10H10BrN3/c1-7-4-3-5-8(11)9(7)10-13-12-6-14(10)2/h3-6H,1-2H3. The van der Waals surface area contributed by atoms with Gasteiger partial charge in [-0.05, 0) is 18.6 Å². The number of halogens is 1. The predicted molar refractivity (Wildman–Crippen MR) is 58.9 cm³/mol. The molecule has 3 nitrogen and oxygen atoms in total. The Kier molecular flexibility index (Phi) is 2.37. The third kappa shape index (κ3) is 1.46. The van der Waals surface area contributed by atoms with Crippen molar-refractivity contribution in [3.63, 3.8) is 0 Å². The van der Waals surface area contributed by atoms with E-state index < -0.39 is 0 Å². The molecule has 0 aliphatic heterocycles. The fourth-order valence-electron chi connectivity index (χ4n) is 1.42. The molecule has 1 aromatic carbocycles. The average Bonchev–Trinajstić information content (AvgIpc) is 2.52. The molecule has 1 heterocycles. The first-order valence-corrected chi connectivity index (χ1v) is 5.09. The molecule has 72 valence electrons. The molecule has 14 heavy (non-hydrogen) atoms. The molecular weight excluding hydrogens is 242 g/mol. The lowest BCUT2D eigenvalue weighted by Gasteiger charge is -2.06. The van der Waals surface area contributed by atoms with Crippen LogP contribution < -0.4 is 0 Å². The minimum absolute atomic E-state index is 0.884. The van der Waals surface area contributed by atoms with Gasteiger partial charge in [0.25, 0.3) is 0 Å². The van der Waals surface area contributed by atoms with Crippen molar-refractivity contribution >= 4 is 15.9 Å². The van der Waals surface area contributed by atoms with E-state index >= 15 is 0 Å². The number of aromatic nitrogens is 3. The van der Waals surface area contributed by atoms with Crippen LogP contribution in [0.25, 0.3) is 11.4 Å². The maximum Gasteiger partial charge on any atom is 0.164 e. The van der Waals surface area contributed by atoms with Crippen LogP contribution in [0.5, 0.6) is 0 Å². The Morgan fingerprint density at radius 3 is 2.71 bits per heavy atom. The molecule has 2 rings (SSSR count). The first-order valence-electron chi connectivity index (χ1n) is 4.29. The summed E-state index contributed by atoms with van der Waals surface area (Å²) in [5.41, 5.74) is 2.29. The van der Waals surface area contributed by atoms with Crippen LogP contribution >= 0.6 is 15.9 Å². The summed E-state index contributed by atoms with van der Waals surface area (Å²) < 4.78 is 2.96. The van der Waals surface area contributed by atoms with E-state index in [1.165, 1.54) is 5.56 Å². The van der Waals surface area contributed by atoms with Gasteiger partial charge >= 0.3 is 0 Å². The minimum atomic E-state index is 0.884. The summed E-state index contributed by atoms with van der Waals surface area (Å²) in [6.45, 7) is 2.06. The SMILES string of the molecule is Cc1cccc(Br)c1-c1nncn1C. The van der Waals surface area contributed by atoms with Crippen LogP contribution in [0.15, 0.2) is 29.0 Å². The van der Waals surface area contributed by atoms with Crippen molar-refractivity contribution in [1.29, 1.82) is 0 Å². The predicted octanol–water partition coefficient (Wildman–Crippen LogP) is 2.55. The van der Waals surface area contributed by atoms with Crippen molar-refractivity contribution in [3.05, 3.63) is 34.6 Å². The first-order chi connectivity index (χ1) is 6.70. The van der Waals surface area contributed by atoms with E-state index in [4.69, 9.17) is 0 Å². The highest BCUT2D eigenvalue weighted by atomic mass is 79.9. The molecule has 0 saturated heterocycles. The minimum Gasteiger partial charge on any atom is -0.317 e. The highest BCUT2D eigenvalue weighted by Gasteiger charge is 2.10. The number of nitrogens with zero attached hydrogens (tertiary/aromatic N) is 3. The van der Waals surface area contributed by atoms with Gasteiger partial charge in [0.1, 0.15) is 6.33 Å². The van der Waals surface area contributed by atoms with Crippen LogP contribution in [0, 0.1) is 6.92 Å². The summed E-state index contributed by atoms with van der Waals surface area (Å²) in [4.78, 5) is 0. The molecule has 0 radical (unpaired) electrons. The van der Waals surface area contributed by atoms with Gasteiger partial charge in [0.05, 0.1) is 0 Å².